The molecule has 1 fully saturated rings. The van der Waals surface area contributed by atoms with Crippen molar-refractivity contribution in [1.29, 1.82) is 0 Å². The molecule has 0 N–H and O–H groups in total. The molecule has 4 aromatic rings. The fourth-order valence-corrected chi connectivity index (χ4v) is 4.87. The molecule has 1 aliphatic rings. The summed E-state index contributed by atoms with van der Waals surface area (Å²) in [4.78, 5) is 17.0. The van der Waals surface area contributed by atoms with Crippen molar-refractivity contribution in [3.05, 3.63) is 125 Å². The highest BCUT2D eigenvalue weighted by Gasteiger charge is 2.25. The average Bonchev–Trinajstić information content (AvgIpc) is 3.42. The first-order valence-electron chi connectivity index (χ1n) is 13.0. The van der Waals surface area contributed by atoms with E-state index in [2.05, 4.69) is 55.1 Å². The molecule has 1 aliphatic heterocycles. The van der Waals surface area contributed by atoms with Crippen molar-refractivity contribution in [2.75, 3.05) is 26.2 Å². The first kappa shape index (κ1) is 25.7. The van der Waals surface area contributed by atoms with Crippen LogP contribution < -0.4 is 4.74 Å². The topological polar surface area (TPSA) is 45.9 Å². The van der Waals surface area contributed by atoms with Crippen LogP contribution >= 0.6 is 0 Å². The molecule has 0 aliphatic carbocycles. The van der Waals surface area contributed by atoms with E-state index in [1.807, 2.05) is 24.3 Å². The third-order valence-electron chi connectivity index (χ3n) is 7.28. The number of benzene rings is 3. The first-order chi connectivity index (χ1) is 18.4. The number of hydrogen-bond acceptors (Lipinski definition) is 4. The number of piperazine rings is 1. The van der Waals surface area contributed by atoms with Crippen molar-refractivity contribution in [2.45, 2.75) is 32.4 Å². The minimum absolute atomic E-state index is 0.110. The highest BCUT2D eigenvalue weighted by atomic mass is 19.1. The van der Waals surface area contributed by atoms with Crippen molar-refractivity contribution in [1.82, 2.24) is 9.80 Å². The van der Waals surface area contributed by atoms with Gasteiger partial charge in [0.1, 0.15) is 23.9 Å². The summed E-state index contributed by atoms with van der Waals surface area (Å²) in [6, 6.07) is 28.7. The molecule has 0 saturated carbocycles. The lowest BCUT2D eigenvalue weighted by Crippen LogP contribution is -2.48. The number of amides is 1. The van der Waals surface area contributed by atoms with Crippen LogP contribution in [-0.2, 0) is 18.6 Å². The van der Waals surface area contributed by atoms with Crippen LogP contribution in [0.2, 0.25) is 0 Å². The van der Waals surface area contributed by atoms with Crippen LogP contribution in [0.5, 0.6) is 5.75 Å². The van der Waals surface area contributed by atoms with Crippen LogP contribution in [0.4, 0.5) is 4.39 Å². The van der Waals surface area contributed by atoms with Crippen LogP contribution in [0, 0.1) is 5.82 Å². The quantitative estimate of drug-likeness (QED) is 0.279. The lowest BCUT2D eigenvalue weighted by molar-refractivity contribution is 0.0594. The van der Waals surface area contributed by atoms with Crippen molar-refractivity contribution in [3.63, 3.8) is 0 Å². The van der Waals surface area contributed by atoms with Crippen LogP contribution in [0.1, 0.15) is 46.9 Å². The molecule has 1 amide bonds. The van der Waals surface area contributed by atoms with Gasteiger partial charge in [-0.25, -0.2) is 4.39 Å². The van der Waals surface area contributed by atoms with Crippen molar-refractivity contribution in [2.24, 2.45) is 0 Å². The second kappa shape index (κ2) is 11.2. The van der Waals surface area contributed by atoms with Gasteiger partial charge in [0, 0.05) is 38.1 Å². The Labute approximate surface area is 223 Å². The van der Waals surface area contributed by atoms with E-state index in [-0.39, 0.29) is 23.7 Å². The fourth-order valence-electron chi connectivity index (χ4n) is 4.87. The lowest BCUT2D eigenvalue weighted by Gasteiger charge is -2.34. The Morgan fingerprint density at radius 3 is 2.29 bits per heavy atom. The van der Waals surface area contributed by atoms with E-state index in [0.29, 0.717) is 31.2 Å². The number of halogens is 1. The van der Waals surface area contributed by atoms with Gasteiger partial charge < -0.3 is 14.1 Å². The Morgan fingerprint density at radius 1 is 0.868 bits per heavy atom. The van der Waals surface area contributed by atoms with Gasteiger partial charge in [-0.15, -0.1) is 0 Å². The van der Waals surface area contributed by atoms with E-state index in [0.717, 1.165) is 24.4 Å². The molecular weight excluding hydrogens is 479 g/mol. The van der Waals surface area contributed by atoms with Crippen LogP contribution in [0.3, 0.4) is 0 Å². The number of nitrogens with zero attached hydrogens (tertiary/aromatic N) is 2. The van der Waals surface area contributed by atoms with Gasteiger partial charge >= 0.3 is 0 Å². The summed E-state index contributed by atoms with van der Waals surface area (Å²) in [5.41, 5.74) is 3.29. The smallest absolute Gasteiger partial charge is 0.289 e. The standard InChI is InChI=1S/C32H33FN2O3/c1-32(2,25-8-4-3-5-9-25)26-11-13-28(14-12-26)37-23-29-15-16-30(38-29)31(36)35-19-17-34(18-20-35)22-24-7-6-10-27(33)21-24/h3-16,21H,17-20,22-23H2,1-2H3. The maximum absolute atomic E-state index is 13.5. The molecule has 6 heteroatoms. The van der Waals surface area contributed by atoms with Crippen LogP contribution in [0.15, 0.2) is 95.4 Å². The van der Waals surface area contributed by atoms with Gasteiger partial charge in [-0.1, -0.05) is 68.4 Å². The Hall–Kier alpha value is -3.90. The molecule has 1 saturated heterocycles. The molecule has 0 spiro atoms. The van der Waals surface area contributed by atoms with Gasteiger partial charge in [-0.05, 0) is 53.1 Å². The highest BCUT2D eigenvalue weighted by molar-refractivity contribution is 5.91. The molecule has 3 aromatic carbocycles. The van der Waals surface area contributed by atoms with E-state index in [9.17, 15) is 9.18 Å². The predicted molar refractivity (Wildman–Crippen MR) is 146 cm³/mol. The number of rotatable bonds is 8. The van der Waals surface area contributed by atoms with Gasteiger partial charge in [-0.3, -0.25) is 9.69 Å². The minimum atomic E-state index is -0.224. The largest absolute Gasteiger partial charge is 0.486 e. The molecule has 5 rings (SSSR count). The van der Waals surface area contributed by atoms with E-state index < -0.39 is 0 Å². The Balaban J connectivity index is 1.12. The molecule has 0 atom stereocenters. The number of ether oxygens (including phenoxy) is 1. The Morgan fingerprint density at radius 2 is 1.58 bits per heavy atom. The monoisotopic (exact) mass is 512 g/mol. The number of furan rings is 1. The SMILES string of the molecule is CC(C)(c1ccccc1)c1ccc(OCc2ccc(C(=O)N3CCN(Cc4cccc(F)c4)CC3)o2)cc1. The van der Waals surface area contributed by atoms with Gasteiger partial charge in [0.25, 0.3) is 5.91 Å². The maximum Gasteiger partial charge on any atom is 0.289 e. The molecular formula is C32H33FN2O3. The normalized spacial score (nSPS) is 14.4. The minimum Gasteiger partial charge on any atom is -0.486 e. The van der Waals surface area contributed by atoms with Gasteiger partial charge in [0.2, 0.25) is 0 Å². The number of carbonyl (C=O) groups is 1. The zero-order valence-electron chi connectivity index (χ0n) is 21.9. The number of carbonyl (C=O) groups excluding carboxylic acids is 1. The third kappa shape index (κ3) is 5.97. The maximum atomic E-state index is 13.5. The van der Waals surface area contributed by atoms with Crippen LogP contribution in [0.25, 0.3) is 0 Å². The Bertz CT molecular complexity index is 1360. The average molecular weight is 513 g/mol. The molecule has 0 bridgehead atoms. The van der Waals surface area contributed by atoms with E-state index in [1.165, 1.54) is 17.2 Å². The van der Waals surface area contributed by atoms with E-state index in [4.69, 9.17) is 9.15 Å². The molecule has 38 heavy (non-hydrogen) atoms. The number of hydrogen-bond donors (Lipinski definition) is 0. The summed E-state index contributed by atoms with van der Waals surface area (Å²) in [5, 5.41) is 0. The fraction of sp³-hybridized carbons (Fsp3) is 0.281. The molecule has 196 valence electrons. The Kier molecular flexibility index (Phi) is 7.61. The van der Waals surface area contributed by atoms with E-state index in [1.54, 1.807) is 29.2 Å². The zero-order chi connectivity index (χ0) is 26.5. The second-order valence-corrected chi connectivity index (χ2v) is 10.3. The van der Waals surface area contributed by atoms with Gasteiger partial charge in [-0.2, -0.15) is 0 Å². The lowest BCUT2D eigenvalue weighted by atomic mass is 9.78. The summed E-state index contributed by atoms with van der Waals surface area (Å²) >= 11 is 0. The summed E-state index contributed by atoms with van der Waals surface area (Å²) in [6.45, 7) is 8.02. The summed E-state index contributed by atoms with van der Waals surface area (Å²) in [7, 11) is 0. The van der Waals surface area contributed by atoms with Gasteiger partial charge in [0.05, 0.1) is 0 Å². The molecule has 0 unspecified atom stereocenters. The summed E-state index contributed by atoms with van der Waals surface area (Å²) < 4.78 is 25.2. The van der Waals surface area contributed by atoms with E-state index >= 15 is 0 Å². The summed E-state index contributed by atoms with van der Waals surface area (Å²) in [5.74, 6) is 1.33. The van der Waals surface area contributed by atoms with Crippen molar-refractivity contribution >= 4 is 5.91 Å². The van der Waals surface area contributed by atoms with Crippen molar-refractivity contribution < 1.29 is 18.3 Å². The van der Waals surface area contributed by atoms with Crippen molar-refractivity contribution in [3.8, 4) is 5.75 Å². The first-order valence-corrected chi connectivity index (χ1v) is 13.0. The zero-order valence-corrected chi connectivity index (χ0v) is 21.9. The second-order valence-electron chi connectivity index (χ2n) is 10.3. The highest BCUT2D eigenvalue weighted by Crippen LogP contribution is 2.32. The molecule has 0 radical (unpaired) electrons. The molecule has 2 heterocycles. The third-order valence-corrected chi connectivity index (χ3v) is 7.28. The molecule has 5 nitrogen and oxygen atoms in total. The summed E-state index contributed by atoms with van der Waals surface area (Å²) in [6.07, 6.45) is 0. The molecule has 1 aromatic heterocycles. The van der Waals surface area contributed by atoms with Crippen LogP contribution in [-0.4, -0.2) is 41.9 Å². The predicted octanol–water partition coefficient (Wildman–Crippen LogP) is 6.28. The van der Waals surface area contributed by atoms with Gasteiger partial charge in [0.15, 0.2) is 5.76 Å².